The number of hydrogen-bond donors (Lipinski definition) is 2. The maximum atomic E-state index is 11.9. The van der Waals surface area contributed by atoms with Gasteiger partial charge < -0.3 is 19.7 Å². The molecule has 0 saturated carbocycles. The van der Waals surface area contributed by atoms with Gasteiger partial charge in [-0.05, 0) is 38.4 Å². The van der Waals surface area contributed by atoms with Gasteiger partial charge >= 0.3 is 5.97 Å². The van der Waals surface area contributed by atoms with Crippen LogP contribution in [0.4, 0.5) is 0 Å². The molecule has 1 saturated heterocycles. The van der Waals surface area contributed by atoms with Crippen LogP contribution in [-0.2, 0) is 0 Å². The third-order valence-electron chi connectivity index (χ3n) is 3.94. The Morgan fingerprint density at radius 2 is 2.10 bits per heavy atom. The molecule has 0 radical (unpaired) electrons. The summed E-state index contributed by atoms with van der Waals surface area (Å²) < 4.78 is 4.98. The molecular formula is C14H20N2O4. The van der Waals surface area contributed by atoms with Crippen LogP contribution in [0.1, 0.15) is 40.7 Å². The maximum absolute atomic E-state index is 11.9. The van der Waals surface area contributed by atoms with Gasteiger partial charge in [-0.3, -0.25) is 4.79 Å². The number of carbonyl (C=O) groups is 2. The zero-order valence-corrected chi connectivity index (χ0v) is 11.8. The van der Waals surface area contributed by atoms with Gasteiger partial charge in [0, 0.05) is 12.6 Å². The van der Waals surface area contributed by atoms with Crippen molar-refractivity contribution in [3.63, 3.8) is 0 Å². The minimum Gasteiger partial charge on any atom is -0.478 e. The molecule has 2 N–H and O–H groups in total. The van der Waals surface area contributed by atoms with Crippen molar-refractivity contribution in [2.45, 2.75) is 19.8 Å². The van der Waals surface area contributed by atoms with Gasteiger partial charge in [-0.15, -0.1) is 0 Å². The minimum atomic E-state index is -1.10. The number of nitrogens with zero attached hydrogens (tertiary/aromatic N) is 1. The molecule has 0 bridgehead atoms. The normalized spacial score (nSPS) is 18.7. The van der Waals surface area contributed by atoms with Crippen molar-refractivity contribution in [2.75, 3.05) is 26.7 Å². The summed E-state index contributed by atoms with van der Waals surface area (Å²) in [5.41, 5.74) is 0.0744. The SMILES string of the molecule is CN1CCC(C)(CNC(=O)c2cc(C(=O)O)co2)CC1. The molecule has 1 amide bonds. The lowest BCUT2D eigenvalue weighted by molar-refractivity contribution is 0.0695. The van der Waals surface area contributed by atoms with Gasteiger partial charge in [-0.1, -0.05) is 6.92 Å². The van der Waals surface area contributed by atoms with Crippen molar-refractivity contribution in [1.29, 1.82) is 0 Å². The van der Waals surface area contributed by atoms with Crippen LogP contribution in [0, 0.1) is 5.41 Å². The maximum Gasteiger partial charge on any atom is 0.338 e. The molecule has 20 heavy (non-hydrogen) atoms. The highest BCUT2D eigenvalue weighted by Crippen LogP contribution is 2.29. The largest absolute Gasteiger partial charge is 0.478 e. The van der Waals surface area contributed by atoms with Crippen molar-refractivity contribution in [2.24, 2.45) is 5.41 Å². The first-order chi connectivity index (χ1) is 9.39. The molecule has 0 unspecified atom stereocenters. The highest BCUT2D eigenvalue weighted by Gasteiger charge is 2.29. The molecular weight excluding hydrogens is 260 g/mol. The van der Waals surface area contributed by atoms with Crippen LogP contribution >= 0.6 is 0 Å². The Morgan fingerprint density at radius 3 is 2.65 bits per heavy atom. The van der Waals surface area contributed by atoms with Gasteiger partial charge in [-0.2, -0.15) is 0 Å². The average molecular weight is 280 g/mol. The second kappa shape index (κ2) is 5.66. The van der Waals surface area contributed by atoms with E-state index in [2.05, 4.69) is 24.2 Å². The second-order valence-corrected chi connectivity index (χ2v) is 5.80. The number of carboxylic acids is 1. The van der Waals surface area contributed by atoms with E-state index in [-0.39, 0.29) is 22.6 Å². The summed E-state index contributed by atoms with van der Waals surface area (Å²) in [6, 6.07) is 1.24. The first-order valence-corrected chi connectivity index (χ1v) is 6.68. The molecule has 0 spiro atoms. The van der Waals surface area contributed by atoms with Crippen molar-refractivity contribution in [3.05, 3.63) is 23.7 Å². The van der Waals surface area contributed by atoms with Gasteiger partial charge in [0.2, 0.25) is 0 Å². The number of likely N-dealkylation sites (tertiary alicyclic amines) is 1. The first-order valence-electron chi connectivity index (χ1n) is 6.68. The average Bonchev–Trinajstić information content (AvgIpc) is 2.90. The van der Waals surface area contributed by atoms with Crippen LogP contribution < -0.4 is 5.32 Å². The molecule has 1 aliphatic rings. The molecule has 6 heteroatoms. The number of carboxylic acid groups (broad SMARTS) is 1. The Labute approximate surface area is 117 Å². The molecule has 1 aliphatic heterocycles. The van der Waals surface area contributed by atoms with Crippen LogP contribution in [0.5, 0.6) is 0 Å². The Hall–Kier alpha value is -1.82. The quantitative estimate of drug-likeness (QED) is 0.872. The van der Waals surface area contributed by atoms with Gasteiger partial charge in [0.25, 0.3) is 5.91 Å². The third kappa shape index (κ3) is 3.39. The van der Waals surface area contributed by atoms with Crippen LogP contribution in [0.2, 0.25) is 0 Å². The summed E-state index contributed by atoms with van der Waals surface area (Å²) in [5.74, 6) is -1.42. The summed E-state index contributed by atoms with van der Waals surface area (Å²) in [5, 5.41) is 11.6. The third-order valence-corrected chi connectivity index (χ3v) is 3.94. The smallest absolute Gasteiger partial charge is 0.338 e. The lowest BCUT2D eigenvalue weighted by Gasteiger charge is -2.37. The summed E-state index contributed by atoms with van der Waals surface area (Å²) in [4.78, 5) is 24.9. The number of hydrogen-bond acceptors (Lipinski definition) is 4. The fourth-order valence-corrected chi connectivity index (χ4v) is 2.28. The Bertz CT molecular complexity index is 501. The molecule has 0 atom stereocenters. The van der Waals surface area contributed by atoms with Crippen LogP contribution in [-0.4, -0.2) is 48.6 Å². The Morgan fingerprint density at radius 1 is 1.45 bits per heavy atom. The predicted molar refractivity (Wildman–Crippen MR) is 72.8 cm³/mol. The zero-order chi connectivity index (χ0) is 14.8. The number of furan rings is 1. The van der Waals surface area contributed by atoms with E-state index < -0.39 is 5.97 Å². The van der Waals surface area contributed by atoms with Gasteiger partial charge in [0.05, 0.1) is 5.56 Å². The highest BCUT2D eigenvalue weighted by atomic mass is 16.4. The van der Waals surface area contributed by atoms with E-state index in [4.69, 9.17) is 9.52 Å². The van der Waals surface area contributed by atoms with Crippen molar-refractivity contribution in [3.8, 4) is 0 Å². The standard InChI is InChI=1S/C14H20N2O4/c1-14(3-5-16(2)6-4-14)9-15-12(17)11-7-10(8-20-11)13(18)19/h7-8H,3-6,9H2,1-2H3,(H,15,17)(H,18,19). The van der Waals surface area contributed by atoms with E-state index in [9.17, 15) is 9.59 Å². The van der Waals surface area contributed by atoms with Crippen molar-refractivity contribution < 1.29 is 19.1 Å². The number of piperidine rings is 1. The Kier molecular flexibility index (Phi) is 4.13. The second-order valence-electron chi connectivity index (χ2n) is 5.80. The number of carbonyl (C=O) groups excluding carboxylic acids is 1. The topological polar surface area (TPSA) is 82.8 Å². The van der Waals surface area contributed by atoms with E-state index in [1.165, 1.54) is 6.07 Å². The van der Waals surface area contributed by atoms with Crippen LogP contribution in [0.3, 0.4) is 0 Å². The lowest BCUT2D eigenvalue weighted by atomic mass is 9.80. The summed E-state index contributed by atoms with van der Waals surface area (Å²) in [7, 11) is 2.09. The molecule has 110 valence electrons. The number of aromatic carboxylic acids is 1. The number of nitrogens with one attached hydrogen (secondary N) is 1. The Balaban J connectivity index is 1.89. The zero-order valence-electron chi connectivity index (χ0n) is 11.8. The van der Waals surface area contributed by atoms with Crippen LogP contribution in [0.15, 0.2) is 16.7 Å². The van der Waals surface area contributed by atoms with Gasteiger partial charge in [0.15, 0.2) is 5.76 Å². The molecule has 0 aromatic carbocycles. The van der Waals surface area contributed by atoms with Gasteiger partial charge in [-0.25, -0.2) is 4.79 Å². The lowest BCUT2D eigenvalue weighted by Crippen LogP contribution is -2.43. The highest BCUT2D eigenvalue weighted by molar-refractivity contribution is 5.95. The molecule has 1 fully saturated rings. The molecule has 1 aromatic rings. The molecule has 6 nitrogen and oxygen atoms in total. The molecule has 1 aromatic heterocycles. The fraction of sp³-hybridized carbons (Fsp3) is 0.571. The van der Waals surface area contributed by atoms with E-state index >= 15 is 0 Å². The minimum absolute atomic E-state index is 0.0133. The van der Waals surface area contributed by atoms with E-state index in [0.717, 1.165) is 32.2 Å². The van der Waals surface area contributed by atoms with E-state index in [1.54, 1.807) is 0 Å². The summed E-state index contributed by atoms with van der Waals surface area (Å²) in [6.45, 7) is 4.78. The summed E-state index contributed by atoms with van der Waals surface area (Å²) >= 11 is 0. The first kappa shape index (κ1) is 14.6. The van der Waals surface area contributed by atoms with Crippen molar-refractivity contribution in [1.82, 2.24) is 10.2 Å². The van der Waals surface area contributed by atoms with Gasteiger partial charge in [0.1, 0.15) is 6.26 Å². The van der Waals surface area contributed by atoms with Crippen LogP contribution in [0.25, 0.3) is 0 Å². The predicted octanol–water partition coefficient (Wildman–Crippen LogP) is 1.44. The molecule has 0 aliphatic carbocycles. The number of amides is 1. The van der Waals surface area contributed by atoms with E-state index in [0.29, 0.717) is 6.54 Å². The summed E-state index contributed by atoms with van der Waals surface area (Å²) in [6.07, 6.45) is 3.14. The van der Waals surface area contributed by atoms with Crippen molar-refractivity contribution >= 4 is 11.9 Å². The monoisotopic (exact) mass is 280 g/mol. The molecule has 2 rings (SSSR count). The number of rotatable bonds is 4. The molecule has 2 heterocycles. The van der Waals surface area contributed by atoms with E-state index in [1.807, 2.05) is 0 Å². The fourth-order valence-electron chi connectivity index (χ4n) is 2.28.